The Bertz CT molecular complexity index is 591. The summed E-state index contributed by atoms with van der Waals surface area (Å²) in [6.07, 6.45) is 5.82. The zero-order valence-electron chi connectivity index (χ0n) is 13.9. The second kappa shape index (κ2) is 8.49. The highest BCUT2D eigenvalue weighted by Crippen LogP contribution is 2.26. The molecule has 1 aromatic rings. The van der Waals surface area contributed by atoms with Gasteiger partial charge in [0.2, 0.25) is 0 Å². The highest BCUT2D eigenvalue weighted by molar-refractivity contribution is 5.51. The van der Waals surface area contributed by atoms with Crippen LogP contribution in [-0.4, -0.2) is 25.2 Å². The molecule has 0 aliphatic carbocycles. The van der Waals surface area contributed by atoms with Crippen LogP contribution < -0.4 is 0 Å². The van der Waals surface area contributed by atoms with E-state index in [1.54, 1.807) is 12.1 Å². The van der Waals surface area contributed by atoms with E-state index in [1.807, 2.05) is 6.92 Å². The fourth-order valence-electron chi connectivity index (χ4n) is 2.62. The molecule has 24 heavy (non-hydrogen) atoms. The van der Waals surface area contributed by atoms with Crippen LogP contribution in [0.4, 0.5) is 13.2 Å². The summed E-state index contributed by atoms with van der Waals surface area (Å²) in [4.78, 5) is 0. The summed E-state index contributed by atoms with van der Waals surface area (Å²) in [5, 5.41) is 0. The highest BCUT2D eigenvalue weighted by Gasteiger charge is 2.35. The molecule has 2 nitrogen and oxygen atoms in total. The molecule has 1 heterocycles. The van der Waals surface area contributed by atoms with Crippen LogP contribution in [0.1, 0.15) is 37.3 Å². The third-order valence-electron chi connectivity index (χ3n) is 3.95. The third kappa shape index (κ3) is 4.71. The molecule has 1 saturated heterocycles. The second-order valence-electron chi connectivity index (χ2n) is 6.02. The van der Waals surface area contributed by atoms with E-state index in [2.05, 4.69) is 6.58 Å². The Morgan fingerprint density at radius 3 is 2.58 bits per heavy atom. The molecule has 1 aromatic carbocycles. The van der Waals surface area contributed by atoms with E-state index in [0.29, 0.717) is 31.2 Å². The standard InChI is InChI=1S/C19H23F3O2/c1-3-5-6-14-7-8-15(18(21)17(14)20)9-10-16-23-12-19(22,11-4-2)13-24-16/h3,7-10,16H,1,4-6,11-13H2,2H3/b10-9+. The molecule has 0 unspecified atom stereocenters. The van der Waals surface area contributed by atoms with Crippen molar-refractivity contribution in [2.24, 2.45) is 0 Å². The van der Waals surface area contributed by atoms with Gasteiger partial charge >= 0.3 is 0 Å². The first kappa shape index (κ1) is 18.7. The molecule has 0 bridgehead atoms. The van der Waals surface area contributed by atoms with Crippen LogP contribution in [0.25, 0.3) is 6.08 Å². The quantitative estimate of drug-likeness (QED) is 0.652. The molecule has 0 N–H and O–H groups in total. The molecule has 0 aromatic heterocycles. The molecule has 0 radical (unpaired) electrons. The van der Waals surface area contributed by atoms with Crippen LogP contribution in [0.2, 0.25) is 0 Å². The van der Waals surface area contributed by atoms with Crippen molar-refractivity contribution < 1.29 is 22.6 Å². The number of hydrogen-bond acceptors (Lipinski definition) is 2. The first-order valence-electron chi connectivity index (χ1n) is 8.17. The van der Waals surface area contributed by atoms with E-state index in [-0.39, 0.29) is 18.8 Å². The number of rotatable bonds is 7. The van der Waals surface area contributed by atoms with Crippen molar-refractivity contribution in [3.8, 4) is 0 Å². The molecule has 1 fully saturated rings. The molecule has 1 aliphatic rings. The Hall–Kier alpha value is -1.59. The lowest BCUT2D eigenvalue weighted by molar-refractivity contribution is -0.212. The normalized spacial score (nSPS) is 24.4. The summed E-state index contributed by atoms with van der Waals surface area (Å²) in [6, 6.07) is 3.06. The van der Waals surface area contributed by atoms with E-state index >= 15 is 0 Å². The van der Waals surface area contributed by atoms with E-state index in [1.165, 1.54) is 18.2 Å². The van der Waals surface area contributed by atoms with Gasteiger partial charge in [-0.15, -0.1) is 6.58 Å². The molecule has 5 heteroatoms. The van der Waals surface area contributed by atoms with Crippen molar-refractivity contribution in [2.45, 2.75) is 44.6 Å². The maximum atomic E-state index is 14.2. The Morgan fingerprint density at radius 1 is 1.25 bits per heavy atom. The molecule has 132 valence electrons. The van der Waals surface area contributed by atoms with Crippen LogP contribution in [-0.2, 0) is 15.9 Å². The third-order valence-corrected chi connectivity index (χ3v) is 3.95. The number of aryl methyl sites for hydroxylation is 1. The minimum atomic E-state index is -1.47. The van der Waals surface area contributed by atoms with Gasteiger partial charge in [-0.25, -0.2) is 13.2 Å². The fourth-order valence-corrected chi connectivity index (χ4v) is 2.62. The van der Waals surface area contributed by atoms with Gasteiger partial charge < -0.3 is 9.47 Å². The number of allylic oxidation sites excluding steroid dienone is 1. The molecule has 0 saturated carbocycles. The number of ether oxygens (including phenoxy) is 2. The van der Waals surface area contributed by atoms with Crippen molar-refractivity contribution in [1.82, 2.24) is 0 Å². The zero-order chi connectivity index (χ0) is 17.6. The van der Waals surface area contributed by atoms with E-state index in [4.69, 9.17) is 9.47 Å². The summed E-state index contributed by atoms with van der Waals surface area (Å²) >= 11 is 0. The minimum Gasteiger partial charge on any atom is -0.346 e. The second-order valence-corrected chi connectivity index (χ2v) is 6.02. The van der Waals surface area contributed by atoms with Crippen molar-refractivity contribution in [2.75, 3.05) is 13.2 Å². The first-order chi connectivity index (χ1) is 11.5. The number of alkyl halides is 1. The average Bonchev–Trinajstić information content (AvgIpc) is 2.57. The smallest absolute Gasteiger partial charge is 0.177 e. The minimum absolute atomic E-state index is 0.0623. The topological polar surface area (TPSA) is 18.5 Å². The summed E-state index contributed by atoms with van der Waals surface area (Å²) < 4.78 is 52.8. The molecule has 0 atom stereocenters. The van der Waals surface area contributed by atoms with Crippen LogP contribution in [0.15, 0.2) is 30.9 Å². The first-order valence-corrected chi connectivity index (χ1v) is 8.17. The Labute approximate surface area is 141 Å². The monoisotopic (exact) mass is 340 g/mol. The predicted molar refractivity (Wildman–Crippen MR) is 88.3 cm³/mol. The number of benzene rings is 1. The lowest BCUT2D eigenvalue weighted by Crippen LogP contribution is -2.43. The van der Waals surface area contributed by atoms with Gasteiger partial charge in [-0.1, -0.05) is 37.6 Å². The number of halogens is 3. The maximum absolute atomic E-state index is 14.2. The van der Waals surface area contributed by atoms with Gasteiger partial charge in [0.25, 0.3) is 0 Å². The summed E-state index contributed by atoms with van der Waals surface area (Å²) in [7, 11) is 0. The molecule has 2 rings (SSSR count). The van der Waals surface area contributed by atoms with Crippen molar-refractivity contribution in [3.05, 3.63) is 53.6 Å². The molecular formula is C19H23F3O2. The van der Waals surface area contributed by atoms with E-state index in [9.17, 15) is 13.2 Å². The van der Waals surface area contributed by atoms with E-state index < -0.39 is 23.6 Å². The summed E-state index contributed by atoms with van der Waals surface area (Å²) in [6.45, 7) is 5.33. The van der Waals surface area contributed by atoms with Gasteiger partial charge in [-0.2, -0.15) is 0 Å². The van der Waals surface area contributed by atoms with Crippen LogP contribution in [0.5, 0.6) is 0 Å². The maximum Gasteiger partial charge on any atom is 0.177 e. The Balaban J connectivity index is 2.00. The number of hydrogen-bond donors (Lipinski definition) is 0. The average molecular weight is 340 g/mol. The fraction of sp³-hybridized carbons (Fsp3) is 0.474. The van der Waals surface area contributed by atoms with Crippen LogP contribution >= 0.6 is 0 Å². The molecule has 0 spiro atoms. The summed E-state index contributed by atoms with van der Waals surface area (Å²) in [5.74, 6) is -1.76. The summed E-state index contributed by atoms with van der Waals surface area (Å²) in [5.41, 5.74) is -1.05. The van der Waals surface area contributed by atoms with Gasteiger partial charge in [0, 0.05) is 5.56 Å². The molecule has 0 amide bonds. The van der Waals surface area contributed by atoms with Crippen LogP contribution in [0.3, 0.4) is 0 Å². The van der Waals surface area contributed by atoms with E-state index in [0.717, 1.165) is 0 Å². The van der Waals surface area contributed by atoms with Crippen LogP contribution in [0, 0.1) is 11.6 Å². The van der Waals surface area contributed by atoms with Gasteiger partial charge in [0.15, 0.2) is 23.6 Å². The Morgan fingerprint density at radius 2 is 1.96 bits per heavy atom. The zero-order valence-corrected chi connectivity index (χ0v) is 13.9. The van der Waals surface area contributed by atoms with Gasteiger partial charge in [-0.05, 0) is 30.9 Å². The van der Waals surface area contributed by atoms with Gasteiger partial charge in [-0.3, -0.25) is 0 Å². The predicted octanol–water partition coefficient (Wildman–Crippen LogP) is 4.98. The SMILES string of the molecule is C=CCCc1ccc(/C=C/C2OCC(F)(CCC)CO2)c(F)c1F. The molecule has 1 aliphatic heterocycles. The van der Waals surface area contributed by atoms with Gasteiger partial charge in [0.05, 0.1) is 13.2 Å². The Kier molecular flexibility index (Phi) is 6.63. The van der Waals surface area contributed by atoms with Gasteiger partial charge in [0.1, 0.15) is 0 Å². The largest absolute Gasteiger partial charge is 0.346 e. The highest BCUT2D eigenvalue weighted by atomic mass is 19.2. The van der Waals surface area contributed by atoms with Crippen molar-refractivity contribution in [1.29, 1.82) is 0 Å². The lowest BCUT2D eigenvalue weighted by atomic mass is 10.0. The van der Waals surface area contributed by atoms with Crippen molar-refractivity contribution >= 4 is 6.08 Å². The lowest BCUT2D eigenvalue weighted by Gasteiger charge is -2.32. The molecular weight excluding hydrogens is 317 g/mol. The van der Waals surface area contributed by atoms with Crippen molar-refractivity contribution in [3.63, 3.8) is 0 Å².